The molecule has 0 unspecified atom stereocenters. The third kappa shape index (κ3) is 5.10. The van der Waals surface area contributed by atoms with Crippen LogP contribution in [0.2, 0.25) is 0 Å². The van der Waals surface area contributed by atoms with Crippen molar-refractivity contribution in [2.24, 2.45) is 0 Å². The monoisotopic (exact) mass is 406 g/mol. The van der Waals surface area contributed by atoms with Gasteiger partial charge in [0.15, 0.2) is 0 Å². The van der Waals surface area contributed by atoms with Crippen LogP contribution in [0.3, 0.4) is 0 Å². The van der Waals surface area contributed by atoms with E-state index in [0.29, 0.717) is 18.4 Å². The molecule has 156 valence electrons. The van der Waals surface area contributed by atoms with E-state index in [0.717, 1.165) is 48.6 Å². The molecule has 1 saturated carbocycles. The van der Waals surface area contributed by atoms with Gasteiger partial charge in [-0.15, -0.1) is 13.2 Å². The third-order valence-electron chi connectivity index (χ3n) is 5.53. The molecule has 1 aliphatic carbocycles. The van der Waals surface area contributed by atoms with E-state index < -0.39 is 6.36 Å². The second kappa shape index (κ2) is 8.08. The molecule has 0 atom stereocenters. The van der Waals surface area contributed by atoms with Crippen molar-refractivity contribution in [1.82, 2.24) is 9.97 Å². The lowest BCUT2D eigenvalue weighted by atomic mass is 9.95. The minimum absolute atomic E-state index is 0.184. The number of anilines is 2. The van der Waals surface area contributed by atoms with Crippen LogP contribution in [0.5, 0.6) is 5.75 Å². The van der Waals surface area contributed by atoms with Gasteiger partial charge in [-0.05, 0) is 49.4 Å². The fourth-order valence-corrected chi connectivity index (χ4v) is 4.17. The first kappa shape index (κ1) is 19.8. The number of aromatic nitrogens is 2. The van der Waals surface area contributed by atoms with Crippen molar-refractivity contribution >= 4 is 11.6 Å². The third-order valence-corrected chi connectivity index (χ3v) is 5.53. The molecule has 1 N–H and O–H groups in total. The van der Waals surface area contributed by atoms with Gasteiger partial charge in [0.1, 0.15) is 23.2 Å². The van der Waals surface area contributed by atoms with Gasteiger partial charge in [-0.1, -0.05) is 25.3 Å². The smallest absolute Gasteiger partial charge is 0.406 e. The SMILES string of the molecule is Cc1nc(NC2CCCCC2)cc(N2CCc3ccc(OC(F)(F)F)cc3C2)n1. The minimum atomic E-state index is -4.69. The maximum atomic E-state index is 12.5. The van der Waals surface area contributed by atoms with Crippen molar-refractivity contribution in [3.8, 4) is 5.75 Å². The van der Waals surface area contributed by atoms with Crippen LogP contribution in [-0.4, -0.2) is 28.9 Å². The first-order valence-corrected chi connectivity index (χ1v) is 10.1. The summed E-state index contributed by atoms with van der Waals surface area (Å²) in [4.78, 5) is 11.2. The van der Waals surface area contributed by atoms with Crippen LogP contribution in [0.4, 0.5) is 24.8 Å². The van der Waals surface area contributed by atoms with Crippen molar-refractivity contribution in [3.63, 3.8) is 0 Å². The zero-order chi connectivity index (χ0) is 20.4. The number of halogens is 3. The molecule has 1 fully saturated rings. The number of ether oxygens (including phenoxy) is 1. The highest BCUT2D eigenvalue weighted by atomic mass is 19.4. The van der Waals surface area contributed by atoms with E-state index >= 15 is 0 Å². The molecule has 1 aromatic heterocycles. The Morgan fingerprint density at radius 2 is 1.86 bits per heavy atom. The van der Waals surface area contributed by atoms with E-state index in [2.05, 4.69) is 24.9 Å². The van der Waals surface area contributed by atoms with Gasteiger partial charge in [-0.3, -0.25) is 0 Å². The van der Waals surface area contributed by atoms with Gasteiger partial charge in [0.25, 0.3) is 0 Å². The highest BCUT2D eigenvalue weighted by Gasteiger charge is 2.31. The quantitative estimate of drug-likeness (QED) is 0.775. The average molecular weight is 406 g/mol. The van der Waals surface area contributed by atoms with E-state index in [9.17, 15) is 13.2 Å². The summed E-state index contributed by atoms with van der Waals surface area (Å²) in [5.74, 6) is 2.11. The molecule has 1 aliphatic heterocycles. The zero-order valence-corrected chi connectivity index (χ0v) is 16.4. The number of fused-ring (bicyclic) bond motifs is 1. The number of nitrogens with one attached hydrogen (secondary N) is 1. The Balaban J connectivity index is 1.51. The lowest BCUT2D eigenvalue weighted by molar-refractivity contribution is -0.274. The molecule has 8 heteroatoms. The molecule has 0 bridgehead atoms. The van der Waals surface area contributed by atoms with Crippen LogP contribution in [-0.2, 0) is 13.0 Å². The minimum Gasteiger partial charge on any atom is -0.406 e. The number of hydrogen-bond donors (Lipinski definition) is 1. The second-order valence-corrected chi connectivity index (χ2v) is 7.79. The van der Waals surface area contributed by atoms with Crippen LogP contribution in [0.15, 0.2) is 24.3 Å². The molecule has 0 radical (unpaired) electrons. The van der Waals surface area contributed by atoms with Crippen molar-refractivity contribution < 1.29 is 17.9 Å². The Bertz CT molecular complexity index is 865. The molecule has 5 nitrogen and oxygen atoms in total. The summed E-state index contributed by atoms with van der Waals surface area (Å²) in [6.07, 6.45) is 2.12. The normalized spacial score (nSPS) is 17.7. The van der Waals surface area contributed by atoms with Crippen LogP contribution in [0.25, 0.3) is 0 Å². The maximum Gasteiger partial charge on any atom is 0.573 e. The number of alkyl halides is 3. The van der Waals surface area contributed by atoms with Crippen LogP contribution >= 0.6 is 0 Å². The predicted molar refractivity (Wildman–Crippen MR) is 105 cm³/mol. The Kier molecular flexibility index (Phi) is 5.52. The van der Waals surface area contributed by atoms with Crippen molar-refractivity contribution in [2.75, 3.05) is 16.8 Å². The highest BCUT2D eigenvalue weighted by Crippen LogP contribution is 2.30. The number of hydrogen-bond acceptors (Lipinski definition) is 5. The lowest BCUT2D eigenvalue weighted by Gasteiger charge is -2.31. The lowest BCUT2D eigenvalue weighted by Crippen LogP contribution is -2.31. The molecule has 0 spiro atoms. The van der Waals surface area contributed by atoms with E-state index in [4.69, 9.17) is 0 Å². The average Bonchev–Trinajstić information content (AvgIpc) is 2.66. The molecule has 29 heavy (non-hydrogen) atoms. The summed E-state index contributed by atoms with van der Waals surface area (Å²) in [7, 11) is 0. The van der Waals surface area contributed by atoms with Crippen LogP contribution in [0, 0.1) is 6.92 Å². The fraction of sp³-hybridized carbons (Fsp3) is 0.524. The van der Waals surface area contributed by atoms with Gasteiger partial charge in [-0.25, -0.2) is 9.97 Å². The molecule has 0 saturated heterocycles. The topological polar surface area (TPSA) is 50.3 Å². The standard InChI is InChI=1S/C21H25F3N4O/c1-14-25-19(27-17-5-3-2-4-6-17)12-20(26-14)28-10-9-15-7-8-18(11-16(15)13-28)29-21(22,23)24/h7-8,11-12,17H,2-6,9-10,13H2,1H3,(H,25,26,27). The Labute approximate surface area is 168 Å². The molecule has 4 rings (SSSR count). The number of nitrogens with zero attached hydrogens (tertiary/aromatic N) is 3. The van der Waals surface area contributed by atoms with Gasteiger partial charge in [0.05, 0.1) is 0 Å². The molecular formula is C21H25F3N4O. The number of rotatable bonds is 4. The van der Waals surface area contributed by atoms with Crippen molar-refractivity contribution in [3.05, 3.63) is 41.2 Å². The molecule has 2 aromatic rings. The fourth-order valence-electron chi connectivity index (χ4n) is 4.17. The van der Waals surface area contributed by atoms with E-state index in [-0.39, 0.29) is 5.75 Å². The van der Waals surface area contributed by atoms with Gasteiger partial charge < -0.3 is 15.0 Å². The largest absolute Gasteiger partial charge is 0.573 e. The molecule has 1 aromatic carbocycles. The Morgan fingerprint density at radius 1 is 1.07 bits per heavy atom. The van der Waals surface area contributed by atoms with Gasteiger partial charge in [0.2, 0.25) is 0 Å². The maximum absolute atomic E-state index is 12.5. The number of aryl methyl sites for hydroxylation is 1. The molecular weight excluding hydrogens is 381 g/mol. The summed E-state index contributed by atoms with van der Waals surface area (Å²) >= 11 is 0. The molecule has 2 aliphatic rings. The Morgan fingerprint density at radius 3 is 2.62 bits per heavy atom. The van der Waals surface area contributed by atoms with Gasteiger partial charge >= 0.3 is 6.36 Å². The second-order valence-electron chi connectivity index (χ2n) is 7.79. The summed E-state index contributed by atoms with van der Waals surface area (Å²) < 4.78 is 41.7. The summed E-state index contributed by atoms with van der Waals surface area (Å²) in [6, 6.07) is 6.96. The zero-order valence-electron chi connectivity index (χ0n) is 16.4. The summed E-state index contributed by atoms with van der Waals surface area (Å²) in [5, 5.41) is 3.53. The van der Waals surface area contributed by atoms with Gasteiger partial charge in [-0.2, -0.15) is 0 Å². The van der Waals surface area contributed by atoms with E-state index in [1.165, 1.54) is 31.4 Å². The first-order valence-electron chi connectivity index (χ1n) is 10.1. The first-order chi connectivity index (χ1) is 13.9. The van der Waals surface area contributed by atoms with Crippen LogP contribution in [0.1, 0.15) is 49.1 Å². The van der Waals surface area contributed by atoms with Gasteiger partial charge in [0, 0.05) is 25.2 Å². The summed E-state index contributed by atoms with van der Waals surface area (Å²) in [6.45, 7) is 3.11. The van der Waals surface area contributed by atoms with E-state index in [1.807, 2.05) is 13.0 Å². The van der Waals surface area contributed by atoms with E-state index in [1.54, 1.807) is 6.07 Å². The number of benzene rings is 1. The summed E-state index contributed by atoms with van der Waals surface area (Å²) in [5.41, 5.74) is 1.87. The Hall–Kier alpha value is -2.51. The van der Waals surface area contributed by atoms with Crippen molar-refractivity contribution in [1.29, 1.82) is 0 Å². The molecule has 2 heterocycles. The van der Waals surface area contributed by atoms with Crippen molar-refractivity contribution in [2.45, 2.75) is 64.4 Å². The molecule has 0 amide bonds. The predicted octanol–water partition coefficient (Wildman–Crippen LogP) is 4.99. The highest BCUT2D eigenvalue weighted by molar-refractivity contribution is 5.52. The van der Waals surface area contributed by atoms with Crippen LogP contribution < -0.4 is 15.0 Å².